The molecule has 0 saturated heterocycles. The van der Waals surface area contributed by atoms with Crippen LogP contribution < -0.4 is 10.7 Å². The lowest BCUT2D eigenvalue weighted by atomic mass is 10.1. The van der Waals surface area contributed by atoms with Gasteiger partial charge in [-0.05, 0) is 0 Å². The zero-order valence-electron chi connectivity index (χ0n) is 12.1. The second-order valence-corrected chi connectivity index (χ2v) is 3.59. The zero-order chi connectivity index (χ0) is 16.4. The Morgan fingerprint density at radius 2 is 2.00 bits per heavy atom. The van der Waals surface area contributed by atoms with Crippen molar-refractivity contribution in [1.29, 1.82) is 0 Å². The van der Waals surface area contributed by atoms with E-state index in [4.69, 9.17) is 9.52 Å². The molecule has 0 aliphatic rings. The molecule has 0 aliphatic heterocycles. The van der Waals surface area contributed by atoms with E-state index in [1.165, 1.54) is 12.2 Å². The van der Waals surface area contributed by atoms with Crippen LogP contribution in [0.15, 0.2) is 34.5 Å². The molecule has 0 fully saturated rings. The van der Waals surface area contributed by atoms with Gasteiger partial charge in [0.05, 0.1) is 5.56 Å². The first kappa shape index (κ1) is 18.4. The minimum absolute atomic E-state index is 0.242. The van der Waals surface area contributed by atoms with Gasteiger partial charge in [-0.15, -0.1) is 6.58 Å². The van der Waals surface area contributed by atoms with Gasteiger partial charge in [0.2, 0.25) is 0 Å². The summed E-state index contributed by atoms with van der Waals surface area (Å²) >= 11 is 0. The monoisotopic (exact) mass is 293 g/mol. The number of nitrogens with one attached hydrogen (secondary N) is 1. The molecule has 0 unspecified atom stereocenters. The standard InChI is InChI=1S/C13H13NO5.C2H6/c1-3-5-10-8(4-2)9(15)6-11(19-10)13(18)14-7-12(16)17;1-2/h3-4,6H,1-2,5,7H2,(H,14,18)(H,16,17);1-2H3. The Morgan fingerprint density at radius 1 is 1.38 bits per heavy atom. The van der Waals surface area contributed by atoms with Crippen LogP contribution in [-0.4, -0.2) is 23.5 Å². The summed E-state index contributed by atoms with van der Waals surface area (Å²) in [4.78, 5) is 33.7. The highest BCUT2D eigenvalue weighted by atomic mass is 16.4. The van der Waals surface area contributed by atoms with Crippen LogP contribution in [0.4, 0.5) is 0 Å². The predicted molar refractivity (Wildman–Crippen MR) is 80.3 cm³/mol. The van der Waals surface area contributed by atoms with Crippen molar-refractivity contribution >= 4 is 18.0 Å². The highest BCUT2D eigenvalue weighted by molar-refractivity contribution is 5.93. The molecule has 1 aromatic heterocycles. The van der Waals surface area contributed by atoms with Crippen LogP contribution in [0.2, 0.25) is 0 Å². The van der Waals surface area contributed by atoms with Gasteiger partial charge in [0.25, 0.3) is 5.91 Å². The minimum atomic E-state index is -1.19. The van der Waals surface area contributed by atoms with Crippen molar-refractivity contribution in [2.45, 2.75) is 20.3 Å². The van der Waals surface area contributed by atoms with Gasteiger partial charge in [-0.2, -0.15) is 0 Å². The number of carbonyl (C=O) groups is 2. The Hall–Kier alpha value is -2.63. The molecule has 0 spiro atoms. The second-order valence-electron chi connectivity index (χ2n) is 3.59. The summed E-state index contributed by atoms with van der Waals surface area (Å²) in [5.74, 6) is -1.93. The summed E-state index contributed by atoms with van der Waals surface area (Å²) in [5, 5.41) is 10.6. The number of rotatable bonds is 6. The Kier molecular flexibility index (Phi) is 8.14. The summed E-state index contributed by atoms with van der Waals surface area (Å²) in [6, 6.07) is 1.00. The fraction of sp³-hybridized carbons (Fsp3) is 0.267. The van der Waals surface area contributed by atoms with E-state index in [1.54, 1.807) is 0 Å². The molecule has 1 heterocycles. The van der Waals surface area contributed by atoms with Gasteiger partial charge in [-0.1, -0.05) is 32.6 Å². The Bertz CT molecular complexity index is 586. The number of allylic oxidation sites excluding steroid dienone is 1. The van der Waals surface area contributed by atoms with Crippen LogP contribution in [0.5, 0.6) is 0 Å². The molecule has 1 aromatic rings. The van der Waals surface area contributed by atoms with Crippen LogP contribution in [0, 0.1) is 0 Å². The maximum absolute atomic E-state index is 11.7. The van der Waals surface area contributed by atoms with E-state index in [9.17, 15) is 14.4 Å². The largest absolute Gasteiger partial charge is 0.480 e. The van der Waals surface area contributed by atoms with Crippen molar-refractivity contribution in [2.24, 2.45) is 0 Å². The Balaban J connectivity index is 0.00000191. The third-order valence-corrected chi connectivity index (χ3v) is 2.22. The van der Waals surface area contributed by atoms with Crippen molar-refractivity contribution in [1.82, 2.24) is 5.32 Å². The van der Waals surface area contributed by atoms with Crippen molar-refractivity contribution in [3.8, 4) is 0 Å². The normalized spacial score (nSPS) is 9.05. The smallest absolute Gasteiger partial charge is 0.322 e. The fourth-order valence-corrected chi connectivity index (χ4v) is 1.40. The quantitative estimate of drug-likeness (QED) is 0.780. The van der Waals surface area contributed by atoms with Crippen molar-refractivity contribution in [3.63, 3.8) is 0 Å². The van der Waals surface area contributed by atoms with Gasteiger partial charge < -0.3 is 14.8 Å². The highest BCUT2D eigenvalue weighted by Gasteiger charge is 2.15. The van der Waals surface area contributed by atoms with E-state index in [0.29, 0.717) is 0 Å². The Labute approximate surface area is 122 Å². The van der Waals surface area contributed by atoms with Gasteiger partial charge in [-0.3, -0.25) is 14.4 Å². The van der Waals surface area contributed by atoms with Crippen LogP contribution in [0.25, 0.3) is 6.08 Å². The van der Waals surface area contributed by atoms with Gasteiger partial charge in [0.15, 0.2) is 11.2 Å². The summed E-state index contributed by atoms with van der Waals surface area (Å²) in [5.41, 5.74) is -0.159. The Morgan fingerprint density at radius 3 is 2.48 bits per heavy atom. The van der Waals surface area contributed by atoms with Crippen molar-refractivity contribution in [3.05, 3.63) is 52.6 Å². The maximum Gasteiger partial charge on any atom is 0.322 e. The fourth-order valence-electron chi connectivity index (χ4n) is 1.40. The lowest BCUT2D eigenvalue weighted by Gasteiger charge is -2.06. The maximum atomic E-state index is 11.7. The van der Waals surface area contributed by atoms with Crippen LogP contribution in [0.3, 0.4) is 0 Å². The molecule has 114 valence electrons. The molecule has 0 aromatic carbocycles. The van der Waals surface area contributed by atoms with E-state index >= 15 is 0 Å². The highest BCUT2D eigenvalue weighted by Crippen LogP contribution is 2.10. The third-order valence-electron chi connectivity index (χ3n) is 2.22. The molecule has 0 radical (unpaired) electrons. The topological polar surface area (TPSA) is 96.6 Å². The first-order chi connectivity index (χ1) is 9.99. The predicted octanol–water partition coefficient (Wildman–Crippen LogP) is 1.85. The first-order valence-electron chi connectivity index (χ1n) is 6.40. The molecule has 6 nitrogen and oxygen atoms in total. The number of carbonyl (C=O) groups excluding carboxylic acids is 1. The SMILES string of the molecule is C=CCc1oc(C(=O)NCC(=O)O)cc(=O)c1C=C.CC. The van der Waals surface area contributed by atoms with Crippen LogP contribution in [-0.2, 0) is 11.2 Å². The van der Waals surface area contributed by atoms with E-state index in [1.807, 2.05) is 13.8 Å². The van der Waals surface area contributed by atoms with Crippen LogP contribution >= 0.6 is 0 Å². The summed E-state index contributed by atoms with van der Waals surface area (Å²) in [7, 11) is 0. The average molecular weight is 293 g/mol. The van der Waals surface area contributed by atoms with E-state index < -0.39 is 23.9 Å². The summed E-state index contributed by atoms with van der Waals surface area (Å²) < 4.78 is 5.27. The number of hydrogen-bond donors (Lipinski definition) is 2. The van der Waals surface area contributed by atoms with E-state index in [-0.39, 0.29) is 23.5 Å². The number of carboxylic acid groups (broad SMARTS) is 1. The lowest BCUT2D eigenvalue weighted by molar-refractivity contribution is -0.135. The van der Waals surface area contributed by atoms with Crippen LogP contribution in [0.1, 0.15) is 35.7 Å². The van der Waals surface area contributed by atoms with Gasteiger partial charge in [0, 0.05) is 12.5 Å². The molecule has 2 N–H and O–H groups in total. The molecule has 0 bridgehead atoms. The first-order valence-corrected chi connectivity index (χ1v) is 6.40. The second kappa shape index (κ2) is 9.30. The van der Waals surface area contributed by atoms with Gasteiger partial charge >= 0.3 is 5.97 Å². The summed E-state index contributed by atoms with van der Waals surface area (Å²) in [6.07, 6.45) is 3.12. The summed E-state index contributed by atoms with van der Waals surface area (Å²) in [6.45, 7) is 10.5. The molecule has 6 heteroatoms. The number of aliphatic carboxylic acids is 1. The van der Waals surface area contributed by atoms with Gasteiger partial charge in [0.1, 0.15) is 12.3 Å². The minimum Gasteiger partial charge on any atom is -0.480 e. The van der Waals surface area contributed by atoms with E-state index in [0.717, 1.165) is 6.07 Å². The lowest BCUT2D eigenvalue weighted by Crippen LogP contribution is -2.30. The van der Waals surface area contributed by atoms with Crippen molar-refractivity contribution < 1.29 is 19.1 Å². The molecule has 1 rings (SSSR count). The molecule has 21 heavy (non-hydrogen) atoms. The van der Waals surface area contributed by atoms with Crippen molar-refractivity contribution in [2.75, 3.05) is 6.54 Å². The molecule has 1 amide bonds. The molecule has 0 saturated carbocycles. The van der Waals surface area contributed by atoms with Gasteiger partial charge in [-0.25, -0.2) is 0 Å². The van der Waals surface area contributed by atoms with E-state index in [2.05, 4.69) is 18.5 Å². The molecular formula is C15H19NO5. The molecular weight excluding hydrogens is 274 g/mol. The number of amides is 1. The molecule has 0 aliphatic carbocycles. The zero-order valence-corrected chi connectivity index (χ0v) is 12.1. The average Bonchev–Trinajstić information content (AvgIpc) is 2.46. The molecule has 0 atom stereocenters. The number of carboxylic acids is 1. The third kappa shape index (κ3) is 5.48. The number of hydrogen-bond acceptors (Lipinski definition) is 4.